The van der Waals surface area contributed by atoms with Crippen LogP contribution in [0.15, 0.2) is 24.3 Å². The zero-order chi connectivity index (χ0) is 13.2. The number of rotatable bonds is 5. The van der Waals surface area contributed by atoms with Crippen LogP contribution < -0.4 is 5.32 Å². The Hall–Kier alpha value is -1.03. The number of benzene rings is 1. The van der Waals surface area contributed by atoms with Gasteiger partial charge in [-0.15, -0.1) is 0 Å². The molecule has 2 rings (SSSR count). The third-order valence-corrected chi connectivity index (χ3v) is 3.31. The number of nitrogens with one attached hydrogen (secondary N) is 1. The van der Waals surface area contributed by atoms with Gasteiger partial charge in [0.15, 0.2) is 0 Å². The van der Waals surface area contributed by atoms with E-state index in [4.69, 9.17) is 0 Å². The van der Waals surface area contributed by atoms with E-state index in [1.54, 1.807) is 12.1 Å². The average molecular weight is 257 g/mol. The third kappa shape index (κ3) is 3.05. The van der Waals surface area contributed by atoms with Gasteiger partial charge in [-0.3, -0.25) is 0 Å². The van der Waals surface area contributed by atoms with Crippen LogP contribution in [0.4, 0.5) is 13.2 Å². The Labute approximate surface area is 105 Å². The monoisotopic (exact) mass is 257 g/mol. The van der Waals surface area contributed by atoms with Crippen LogP contribution in [0.25, 0.3) is 0 Å². The standard InChI is InChI=1S/C14H18F3N/c1-2-9-18-13(10-7-8-10)11-5-3-4-6-12(11)14(15,16)17/h3-6,10,13,18H,2,7-9H2,1H3. The highest BCUT2D eigenvalue weighted by molar-refractivity contribution is 5.33. The van der Waals surface area contributed by atoms with Gasteiger partial charge in [0.05, 0.1) is 5.56 Å². The summed E-state index contributed by atoms with van der Waals surface area (Å²) in [6.07, 6.45) is -1.30. The molecule has 1 aliphatic carbocycles. The van der Waals surface area contributed by atoms with Crippen molar-refractivity contribution in [2.45, 2.75) is 38.4 Å². The topological polar surface area (TPSA) is 12.0 Å². The van der Waals surface area contributed by atoms with E-state index in [9.17, 15) is 13.2 Å². The van der Waals surface area contributed by atoms with Crippen molar-refractivity contribution in [2.24, 2.45) is 5.92 Å². The van der Waals surface area contributed by atoms with Crippen molar-refractivity contribution >= 4 is 0 Å². The van der Waals surface area contributed by atoms with E-state index < -0.39 is 11.7 Å². The summed E-state index contributed by atoms with van der Waals surface area (Å²) >= 11 is 0. The second-order valence-electron chi connectivity index (χ2n) is 4.85. The first-order valence-corrected chi connectivity index (χ1v) is 6.43. The summed E-state index contributed by atoms with van der Waals surface area (Å²) in [7, 11) is 0. The first-order chi connectivity index (χ1) is 8.54. The fraction of sp³-hybridized carbons (Fsp3) is 0.571. The van der Waals surface area contributed by atoms with Gasteiger partial charge in [0, 0.05) is 6.04 Å². The molecule has 4 heteroatoms. The lowest BCUT2D eigenvalue weighted by molar-refractivity contribution is -0.138. The van der Waals surface area contributed by atoms with Crippen LogP contribution >= 0.6 is 0 Å². The number of halogens is 3. The van der Waals surface area contributed by atoms with Gasteiger partial charge in [0.2, 0.25) is 0 Å². The Morgan fingerprint density at radius 1 is 1.28 bits per heavy atom. The van der Waals surface area contributed by atoms with Gasteiger partial charge in [-0.1, -0.05) is 25.1 Å². The molecule has 1 nitrogen and oxygen atoms in total. The van der Waals surface area contributed by atoms with Crippen LogP contribution in [0.5, 0.6) is 0 Å². The lowest BCUT2D eigenvalue weighted by Crippen LogP contribution is -2.26. The van der Waals surface area contributed by atoms with Crippen molar-refractivity contribution in [1.29, 1.82) is 0 Å². The molecule has 1 aromatic carbocycles. The van der Waals surface area contributed by atoms with Gasteiger partial charge in [-0.05, 0) is 43.4 Å². The van der Waals surface area contributed by atoms with E-state index >= 15 is 0 Å². The molecular formula is C14H18F3N. The Kier molecular flexibility index (Phi) is 3.95. The minimum absolute atomic E-state index is 0.150. The van der Waals surface area contributed by atoms with Crippen molar-refractivity contribution < 1.29 is 13.2 Å². The maximum Gasteiger partial charge on any atom is 0.416 e. The largest absolute Gasteiger partial charge is 0.416 e. The summed E-state index contributed by atoms with van der Waals surface area (Å²) in [6, 6.07) is 5.78. The van der Waals surface area contributed by atoms with Crippen LogP contribution in [0.1, 0.15) is 43.4 Å². The molecule has 0 spiro atoms. The zero-order valence-electron chi connectivity index (χ0n) is 10.4. The van der Waals surface area contributed by atoms with Crippen molar-refractivity contribution in [2.75, 3.05) is 6.54 Å². The Morgan fingerprint density at radius 2 is 1.94 bits per heavy atom. The quantitative estimate of drug-likeness (QED) is 0.835. The van der Waals surface area contributed by atoms with E-state index in [0.29, 0.717) is 11.5 Å². The SMILES string of the molecule is CCCNC(c1ccccc1C(F)(F)F)C1CC1. The summed E-state index contributed by atoms with van der Waals surface area (Å²) < 4.78 is 39.0. The van der Waals surface area contributed by atoms with Crippen LogP contribution in [0.3, 0.4) is 0 Å². The van der Waals surface area contributed by atoms with Gasteiger partial charge in [0.25, 0.3) is 0 Å². The Bertz CT molecular complexity index is 396. The first kappa shape index (κ1) is 13.4. The predicted molar refractivity (Wildman–Crippen MR) is 65.2 cm³/mol. The summed E-state index contributed by atoms with van der Waals surface area (Å²) in [5, 5.41) is 3.26. The molecule has 1 saturated carbocycles. The van der Waals surface area contributed by atoms with Crippen molar-refractivity contribution in [3.05, 3.63) is 35.4 Å². The van der Waals surface area contributed by atoms with Crippen LogP contribution in [-0.2, 0) is 6.18 Å². The molecule has 1 aromatic rings. The Balaban J connectivity index is 2.29. The van der Waals surface area contributed by atoms with Gasteiger partial charge in [0.1, 0.15) is 0 Å². The smallest absolute Gasteiger partial charge is 0.310 e. The third-order valence-electron chi connectivity index (χ3n) is 3.31. The molecule has 0 amide bonds. The molecular weight excluding hydrogens is 239 g/mol. The van der Waals surface area contributed by atoms with E-state index in [2.05, 4.69) is 5.32 Å². The van der Waals surface area contributed by atoms with E-state index in [1.165, 1.54) is 12.1 Å². The highest BCUT2D eigenvalue weighted by Crippen LogP contribution is 2.44. The molecule has 1 unspecified atom stereocenters. The van der Waals surface area contributed by atoms with Crippen molar-refractivity contribution in [3.63, 3.8) is 0 Å². The van der Waals surface area contributed by atoms with Crippen LogP contribution in [0.2, 0.25) is 0 Å². The van der Waals surface area contributed by atoms with E-state index in [0.717, 1.165) is 25.8 Å². The molecule has 0 aliphatic heterocycles. The zero-order valence-corrected chi connectivity index (χ0v) is 10.4. The summed E-state index contributed by atoms with van der Waals surface area (Å²) in [5.41, 5.74) is -0.0912. The molecule has 1 atom stereocenters. The first-order valence-electron chi connectivity index (χ1n) is 6.43. The minimum atomic E-state index is -4.27. The molecule has 1 fully saturated rings. The van der Waals surface area contributed by atoms with Gasteiger partial charge < -0.3 is 5.32 Å². The van der Waals surface area contributed by atoms with E-state index in [1.807, 2.05) is 6.92 Å². The number of hydrogen-bond acceptors (Lipinski definition) is 1. The molecule has 100 valence electrons. The summed E-state index contributed by atoms with van der Waals surface area (Å²) in [6.45, 7) is 2.78. The highest BCUT2D eigenvalue weighted by atomic mass is 19.4. The Morgan fingerprint density at radius 3 is 2.50 bits per heavy atom. The van der Waals surface area contributed by atoms with Gasteiger partial charge in [-0.25, -0.2) is 0 Å². The van der Waals surface area contributed by atoms with Crippen LogP contribution in [0, 0.1) is 5.92 Å². The molecule has 0 aromatic heterocycles. The molecule has 0 heterocycles. The maximum absolute atomic E-state index is 13.0. The summed E-state index contributed by atoms with van der Waals surface area (Å²) in [4.78, 5) is 0. The minimum Gasteiger partial charge on any atom is -0.310 e. The lowest BCUT2D eigenvalue weighted by Gasteiger charge is -2.22. The lowest BCUT2D eigenvalue weighted by atomic mass is 9.96. The molecule has 0 bridgehead atoms. The predicted octanol–water partition coefficient (Wildman–Crippen LogP) is 4.16. The number of alkyl halides is 3. The van der Waals surface area contributed by atoms with Crippen molar-refractivity contribution in [1.82, 2.24) is 5.32 Å². The molecule has 1 N–H and O–H groups in total. The second-order valence-corrected chi connectivity index (χ2v) is 4.85. The van der Waals surface area contributed by atoms with Crippen molar-refractivity contribution in [3.8, 4) is 0 Å². The molecule has 1 aliphatic rings. The molecule has 0 saturated heterocycles. The normalized spacial score (nSPS) is 17.8. The summed E-state index contributed by atoms with van der Waals surface area (Å²) in [5.74, 6) is 0.361. The number of hydrogen-bond donors (Lipinski definition) is 1. The average Bonchev–Trinajstić information content (AvgIpc) is 3.13. The van der Waals surface area contributed by atoms with Gasteiger partial charge in [-0.2, -0.15) is 13.2 Å². The second kappa shape index (κ2) is 5.31. The fourth-order valence-electron chi connectivity index (χ4n) is 2.29. The highest BCUT2D eigenvalue weighted by Gasteiger charge is 2.39. The van der Waals surface area contributed by atoms with Crippen LogP contribution in [-0.4, -0.2) is 6.54 Å². The molecule has 0 radical (unpaired) electrons. The molecule has 18 heavy (non-hydrogen) atoms. The van der Waals surface area contributed by atoms with Gasteiger partial charge >= 0.3 is 6.18 Å². The fourth-order valence-corrected chi connectivity index (χ4v) is 2.29. The maximum atomic E-state index is 13.0. The van der Waals surface area contributed by atoms with E-state index in [-0.39, 0.29) is 6.04 Å².